The van der Waals surface area contributed by atoms with Crippen LogP contribution in [0, 0.1) is 0 Å². The fourth-order valence-corrected chi connectivity index (χ4v) is 2.18. The van der Waals surface area contributed by atoms with E-state index in [1.165, 1.54) is 23.9 Å². The Bertz CT molecular complexity index is 251. The van der Waals surface area contributed by atoms with Gasteiger partial charge in [-0.25, -0.2) is 0 Å². The molecule has 0 amide bonds. The molecule has 0 saturated heterocycles. The minimum Gasteiger partial charge on any atom is -0.166 e. The molecular formula is C10H13F3S. The molecule has 0 N–H and O–H groups in total. The van der Waals surface area contributed by atoms with Crippen molar-refractivity contribution in [2.45, 2.75) is 32.4 Å². The maximum atomic E-state index is 12.3. The van der Waals surface area contributed by atoms with E-state index in [-0.39, 0.29) is 0 Å². The summed E-state index contributed by atoms with van der Waals surface area (Å²) in [7, 11) is 0. The first-order valence-electron chi connectivity index (χ1n) is 4.64. The summed E-state index contributed by atoms with van der Waals surface area (Å²) in [6.45, 7) is 2.04. The number of rotatable bonds is 3. The lowest BCUT2D eigenvalue weighted by Crippen LogP contribution is -2.12. The minimum absolute atomic E-state index is 0.449. The van der Waals surface area contributed by atoms with E-state index < -0.39 is 11.7 Å². The third-order valence-corrected chi connectivity index (χ3v) is 3.02. The molecule has 0 fully saturated rings. The zero-order chi connectivity index (χ0) is 10.6. The van der Waals surface area contributed by atoms with Crippen molar-refractivity contribution in [1.82, 2.24) is 0 Å². The molecule has 80 valence electrons. The van der Waals surface area contributed by atoms with Gasteiger partial charge < -0.3 is 0 Å². The molecule has 4 heteroatoms. The van der Waals surface area contributed by atoms with Crippen molar-refractivity contribution in [2.24, 2.45) is 0 Å². The predicted molar refractivity (Wildman–Crippen MR) is 54.2 cm³/mol. The largest absolute Gasteiger partial charge is 0.416 e. The van der Waals surface area contributed by atoms with Crippen molar-refractivity contribution in [1.29, 1.82) is 0 Å². The average Bonchev–Trinajstić information content (AvgIpc) is 2.14. The van der Waals surface area contributed by atoms with E-state index in [1.807, 2.05) is 6.92 Å². The van der Waals surface area contributed by atoms with Crippen molar-refractivity contribution in [3.05, 3.63) is 22.6 Å². The topological polar surface area (TPSA) is 0 Å². The molecule has 1 rings (SSSR count). The van der Waals surface area contributed by atoms with Gasteiger partial charge in [-0.1, -0.05) is 19.4 Å². The Morgan fingerprint density at radius 3 is 2.71 bits per heavy atom. The third-order valence-electron chi connectivity index (χ3n) is 1.99. The maximum Gasteiger partial charge on any atom is 0.416 e. The van der Waals surface area contributed by atoms with Gasteiger partial charge in [0, 0.05) is 5.75 Å². The smallest absolute Gasteiger partial charge is 0.166 e. The zero-order valence-corrected chi connectivity index (χ0v) is 8.84. The van der Waals surface area contributed by atoms with Crippen LogP contribution in [0.15, 0.2) is 22.6 Å². The number of alkyl halides is 3. The average molecular weight is 222 g/mol. The van der Waals surface area contributed by atoms with E-state index in [2.05, 4.69) is 0 Å². The van der Waals surface area contributed by atoms with E-state index in [0.717, 1.165) is 24.2 Å². The van der Waals surface area contributed by atoms with Gasteiger partial charge in [-0.3, -0.25) is 0 Å². The van der Waals surface area contributed by atoms with Gasteiger partial charge in [0.15, 0.2) is 0 Å². The Kier molecular flexibility index (Phi) is 4.11. The second-order valence-electron chi connectivity index (χ2n) is 3.18. The Balaban J connectivity index is 2.63. The quantitative estimate of drug-likeness (QED) is 0.686. The summed E-state index contributed by atoms with van der Waals surface area (Å²) >= 11 is 1.51. The van der Waals surface area contributed by atoms with Crippen LogP contribution in [0.3, 0.4) is 0 Å². The monoisotopic (exact) mass is 222 g/mol. The molecule has 1 aliphatic rings. The van der Waals surface area contributed by atoms with E-state index in [0.29, 0.717) is 5.75 Å². The lowest BCUT2D eigenvalue weighted by Gasteiger charge is -2.15. The van der Waals surface area contributed by atoms with E-state index in [9.17, 15) is 13.2 Å². The molecule has 0 nitrogen and oxygen atoms in total. The van der Waals surface area contributed by atoms with Crippen LogP contribution < -0.4 is 0 Å². The van der Waals surface area contributed by atoms with Gasteiger partial charge >= 0.3 is 6.18 Å². The summed E-state index contributed by atoms with van der Waals surface area (Å²) < 4.78 is 36.9. The molecule has 0 aliphatic carbocycles. The summed E-state index contributed by atoms with van der Waals surface area (Å²) in [6.07, 6.45) is 1.10. The molecular weight excluding hydrogens is 209 g/mol. The molecule has 0 radical (unpaired) electrons. The normalized spacial score (nSPS) is 17.7. The second-order valence-corrected chi connectivity index (χ2v) is 4.33. The lowest BCUT2D eigenvalue weighted by molar-refractivity contribution is -0.0883. The van der Waals surface area contributed by atoms with Crippen molar-refractivity contribution in [3.63, 3.8) is 0 Å². The molecule has 0 aromatic heterocycles. The Hall–Kier alpha value is -0.380. The Labute approximate surface area is 86.3 Å². The molecule has 0 bridgehead atoms. The molecule has 14 heavy (non-hydrogen) atoms. The van der Waals surface area contributed by atoms with Crippen LogP contribution in [0.25, 0.3) is 0 Å². The highest BCUT2D eigenvalue weighted by Gasteiger charge is 2.33. The SMILES string of the molecule is CCCCC1=CC(C(F)(F)F)=CCS1. The van der Waals surface area contributed by atoms with Crippen molar-refractivity contribution in [3.8, 4) is 0 Å². The molecule has 0 atom stereocenters. The predicted octanol–water partition coefficient (Wildman–Crippen LogP) is 4.30. The van der Waals surface area contributed by atoms with Crippen LogP contribution in [-0.2, 0) is 0 Å². The van der Waals surface area contributed by atoms with Crippen LogP contribution in [0.5, 0.6) is 0 Å². The van der Waals surface area contributed by atoms with Crippen molar-refractivity contribution >= 4 is 11.8 Å². The molecule has 0 saturated carbocycles. The van der Waals surface area contributed by atoms with Crippen LogP contribution in [0.4, 0.5) is 13.2 Å². The minimum atomic E-state index is -4.18. The highest BCUT2D eigenvalue weighted by molar-refractivity contribution is 8.03. The van der Waals surface area contributed by atoms with E-state index in [4.69, 9.17) is 0 Å². The highest BCUT2D eigenvalue weighted by Crippen LogP contribution is 2.35. The van der Waals surface area contributed by atoms with Gasteiger partial charge in [0.1, 0.15) is 0 Å². The molecule has 0 aromatic carbocycles. The first-order valence-corrected chi connectivity index (χ1v) is 5.63. The summed E-state index contributed by atoms with van der Waals surface area (Å²) in [6, 6.07) is 0. The zero-order valence-electron chi connectivity index (χ0n) is 8.03. The number of thioether (sulfide) groups is 1. The fraction of sp³-hybridized carbons (Fsp3) is 0.600. The summed E-state index contributed by atoms with van der Waals surface area (Å²) in [5, 5.41) is 0. The van der Waals surface area contributed by atoms with Crippen LogP contribution in [0.1, 0.15) is 26.2 Å². The van der Waals surface area contributed by atoms with Gasteiger partial charge in [0.25, 0.3) is 0 Å². The molecule has 1 aliphatic heterocycles. The standard InChI is InChI=1S/C10H13F3S/c1-2-3-4-9-7-8(5-6-14-9)10(11,12)13/h5,7H,2-4,6H2,1H3. The van der Waals surface area contributed by atoms with E-state index in [1.54, 1.807) is 0 Å². The number of hydrogen-bond donors (Lipinski definition) is 0. The van der Waals surface area contributed by atoms with Gasteiger partial charge in [0.2, 0.25) is 0 Å². The summed E-state index contributed by atoms with van der Waals surface area (Å²) in [5.41, 5.74) is -0.484. The third kappa shape index (κ3) is 3.40. The highest BCUT2D eigenvalue weighted by atomic mass is 32.2. The van der Waals surface area contributed by atoms with Crippen molar-refractivity contribution in [2.75, 3.05) is 5.75 Å². The van der Waals surface area contributed by atoms with Gasteiger partial charge in [0.05, 0.1) is 5.57 Å². The van der Waals surface area contributed by atoms with E-state index >= 15 is 0 Å². The molecule has 0 unspecified atom stereocenters. The van der Waals surface area contributed by atoms with Crippen molar-refractivity contribution < 1.29 is 13.2 Å². The lowest BCUT2D eigenvalue weighted by atomic mass is 10.1. The Morgan fingerprint density at radius 2 is 2.14 bits per heavy atom. The maximum absolute atomic E-state index is 12.3. The van der Waals surface area contributed by atoms with Gasteiger partial charge in [-0.15, -0.1) is 11.8 Å². The summed E-state index contributed by atoms with van der Waals surface area (Å²) in [5.74, 6) is 0.449. The molecule has 0 aromatic rings. The first-order chi connectivity index (χ1) is 6.54. The number of unbranched alkanes of at least 4 members (excludes halogenated alkanes) is 1. The van der Waals surface area contributed by atoms with Crippen LogP contribution in [-0.4, -0.2) is 11.9 Å². The second kappa shape index (κ2) is 4.91. The summed E-state index contributed by atoms with van der Waals surface area (Å²) in [4.78, 5) is 0.863. The number of halogens is 3. The number of hydrogen-bond acceptors (Lipinski definition) is 1. The molecule has 1 heterocycles. The van der Waals surface area contributed by atoms with Crippen LogP contribution in [0.2, 0.25) is 0 Å². The van der Waals surface area contributed by atoms with Gasteiger partial charge in [-0.05, 0) is 23.8 Å². The van der Waals surface area contributed by atoms with Gasteiger partial charge in [-0.2, -0.15) is 13.2 Å². The first kappa shape index (κ1) is 11.7. The van der Waals surface area contributed by atoms with Crippen LogP contribution >= 0.6 is 11.8 Å². The number of allylic oxidation sites excluding steroid dienone is 3. The Morgan fingerprint density at radius 1 is 1.43 bits per heavy atom. The fourth-order valence-electron chi connectivity index (χ4n) is 1.21. The molecule has 0 spiro atoms.